The summed E-state index contributed by atoms with van der Waals surface area (Å²) in [5.41, 5.74) is 13.4. The van der Waals surface area contributed by atoms with Gasteiger partial charge in [-0.05, 0) is 24.3 Å². The third-order valence-electron chi connectivity index (χ3n) is 3.59. The Morgan fingerprint density at radius 2 is 1.08 bits per heavy atom. The second-order valence-electron chi connectivity index (χ2n) is 5.44. The van der Waals surface area contributed by atoms with Gasteiger partial charge < -0.3 is 27.4 Å². The molecule has 0 saturated carbocycles. The van der Waals surface area contributed by atoms with Gasteiger partial charge in [0.2, 0.25) is 0 Å². The molecule has 0 atom stereocenters. The van der Waals surface area contributed by atoms with Gasteiger partial charge in [0, 0.05) is 37.6 Å². The first-order valence-electron chi connectivity index (χ1n) is 8.05. The van der Waals surface area contributed by atoms with Crippen molar-refractivity contribution in [2.24, 2.45) is 0 Å². The van der Waals surface area contributed by atoms with Crippen LogP contribution in [-0.2, 0) is 0 Å². The van der Waals surface area contributed by atoms with Gasteiger partial charge >= 0.3 is 0 Å². The molecule has 2 amide bonds. The number of nitrogens with one attached hydrogen (secondary N) is 3. The van der Waals surface area contributed by atoms with E-state index >= 15 is 0 Å². The molecule has 0 unspecified atom stereocenters. The highest BCUT2D eigenvalue weighted by Gasteiger charge is 2.08. The lowest BCUT2D eigenvalue weighted by molar-refractivity contribution is 0.0949. The predicted molar refractivity (Wildman–Crippen MR) is 99.2 cm³/mol. The summed E-state index contributed by atoms with van der Waals surface area (Å²) >= 11 is 0. The van der Waals surface area contributed by atoms with E-state index in [9.17, 15) is 9.59 Å². The number of amides is 2. The minimum absolute atomic E-state index is 0.201. The van der Waals surface area contributed by atoms with E-state index in [2.05, 4.69) is 16.0 Å². The first-order valence-corrected chi connectivity index (χ1v) is 8.05. The third-order valence-corrected chi connectivity index (χ3v) is 3.59. The van der Waals surface area contributed by atoms with Crippen LogP contribution in [0.1, 0.15) is 20.7 Å². The largest absolute Gasteiger partial charge is 0.398 e. The Morgan fingerprint density at radius 1 is 0.680 bits per heavy atom. The van der Waals surface area contributed by atoms with Crippen molar-refractivity contribution in [1.29, 1.82) is 0 Å². The van der Waals surface area contributed by atoms with Gasteiger partial charge in [0.05, 0.1) is 11.1 Å². The maximum atomic E-state index is 11.9. The number of carbonyl (C=O) groups is 2. The van der Waals surface area contributed by atoms with Gasteiger partial charge in [0.25, 0.3) is 11.8 Å². The van der Waals surface area contributed by atoms with E-state index in [1.807, 2.05) is 0 Å². The van der Waals surface area contributed by atoms with Crippen molar-refractivity contribution in [1.82, 2.24) is 16.0 Å². The molecule has 7 N–H and O–H groups in total. The summed E-state index contributed by atoms with van der Waals surface area (Å²) < 4.78 is 0. The van der Waals surface area contributed by atoms with Crippen LogP contribution >= 0.6 is 0 Å². The summed E-state index contributed by atoms with van der Waals surface area (Å²) in [6.07, 6.45) is 0. The number of anilines is 2. The van der Waals surface area contributed by atoms with Crippen molar-refractivity contribution < 1.29 is 9.59 Å². The molecule has 25 heavy (non-hydrogen) atoms. The van der Waals surface area contributed by atoms with Gasteiger partial charge in [-0.3, -0.25) is 9.59 Å². The molecule has 0 saturated heterocycles. The Labute approximate surface area is 146 Å². The predicted octanol–water partition coefficient (Wildman–Crippen LogP) is 0.600. The molecular formula is C18H23N5O2. The normalized spacial score (nSPS) is 10.2. The van der Waals surface area contributed by atoms with Crippen LogP contribution in [0.25, 0.3) is 0 Å². The fourth-order valence-electron chi connectivity index (χ4n) is 2.25. The molecular weight excluding hydrogens is 318 g/mol. The topological polar surface area (TPSA) is 122 Å². The molecule has 0 aliphatic rings. The number of nitrogens with two attached hydrogens (primary N) is 2. The summed E-state index contributed by atoms with van der Waals surface area (Å²) in [6.45, 7) is 2.10. The van der Waals surface area contributed by atoms with E-state index in [0.29, 0.717) is 48.7 Å². The average molecular weight is 341 g/mol. The summed E-state index contributed by atoms with van der Waals surface area (Å²) in [4.78, 5) is 23.9. The molecule has 0 aliphatic heterocycles. The first-order chi connectivity index (χ1) is 12.1. The molecule has 0 spiro atoms. The number of nitrogen functional groups attached to an aromatic ring is 2. The average Bonchev–Trinajstić information content (AvgIpc) is 2.61. The maximum absolute atomic E-state index is 11.9. The smallest absolute Gasteiger partial charge is 0.253 e. The Hall–Kier alpha value is -3.06. The number of rotatable bonds is 8. The Bertz CT molecular complexity index is 671. The van der Waals surface area contributed by atoms with E-state index in [4.69, 9.17) is 11.5 Å². The minimum atomic E-state index is -0.201. The molecule has 7 heteroatoms. The molecule has 0 bridgehead atoms. The number of carbonyl (C=O) groups excluding carboxylic acids is 2. The zero-order valence-corrected chi connectivity index (χ0v) is 13.9. The Balaban J connectivity index is 1.60. The highest BCUT2D eigenvalue weighted by molar-refractivity contribution is 5.99. The van der Waals surface area contributed by atoms with Gasteiger partial charge in [-0.15, -0.1) is 0 Å². The molecule has 2 aromatic rings. The van der Waals surface area contributed by atoms with Crippen LogP contribution in [0, 0.1) is 0 Å². The van der Waals surface area contributed by atoms with Crippen molar-refractivity contribution in [2.75, 3.05) is 37.6 Å². The van der Waals surface area contributed by atoms with Crippen LogP contribution in [0.5, 0.6) is 0 Å². The third kappa shape index (κ3) is 5.50. The summed E-state index contributed by atoms with van der Waals surface area (Å²) in [7, 11) is 0. The summed E-state index contributed by atoms with van der Waals surface area (Å²) in [5.74, 6) is -0.402. The fourth-order valence-corrected chi connectivity index (χ4v) is 2.25. The fraction of sp³-hybridized carbons (Fsp3) is 0.222. The van der Waals surface area contributed by atoms with Crippen molar-refractivity contribution >= 4 is 23.2 Å². The summed E-state index contributed by atoms with van der Waals surface area (Å²) in [6, 6.07) is 13.9. The van der Waals surface area contributed by atoms with E-state index in [0.717, 1.165) is 0 Å². The number of para-hydroxylation sites is 2. The van der Waals surface area contributed by atoms with Crippen molar-refractivity contribution in [3.05, 3.63) is 59.7 Å². The van der Waals surface area contributed by atoms with Gasteiger partial charge in [-0.25, -0.2) is 0 Å². The van der Waals surface area contributed by atoms with Crippen LogP contribution in [0.4, 0.5) is 11.4 Å². The zero-order valence-electron chi connectivity index (χ0n) is 13.9. The molecule has 132 valence electrons. The van der Waals surface area contributed by atoms with Gasteiger partial charge in [-0.1, -0.05) is 24.3 Å². The molecule has 2 aromatic carbocycles. The summed E-state index contributed by atoms with van der Waals surface area (Å²) in [5, 5.41) is 8.71. The second-order valence-corrected chi connectivity index (χ2v) is 5.44. The van der Waals surface area contributed by atoms with E-state index in [-0.39, 0.29) is 11.8 Å². The van der Waals surface area contributed by atoms with Crippen LogP contribution in [-0.4, -0.2) is 38.0 Å². The van der Waals surface area contributed by atoms with Gasteiger partial charge in [0.1, 0.15) is 0 Å². The Morgan fingerprint density at radius 3 is 1.48 bits per heavy atom. The van der Waals surface area contributed by atoms with Crippen molar-refractivity contribution in [3.8, 4) is 0 Å². The molecule has 0 fully saturated rings. The quantitative estimate of drug-likeness (QED) is 0.355. The molecule has 0 heterocycles. The van der Waals surface area contributed by atoms with Crippen molar-refractivity contribution in [3.63, 3.8) is 0 Å². The van der Waals surface area contributed by atoms with E-state index in [1.54, 1.807) is 48.5 Å². The SMILES string of the molecule is Nc1ccccc1C(=O)NCCNCCNC(=O)c1ccccc1N. The highest BCUT2D eigenvalue weighted by atomic mass is 16.2. The Kier molecular flexibility index (Phi) is 6.79. The second kappa shape index (κ2) is 9.29. The van der Waals surface area contributed by atoms with Crippen LogP contribution in [0.15, 0.2) is 48.5 Å². The minimum Gasteiger partial charge on any atom is -0.398 e. The van der Waals surface area contributed by atoms with Gasteiger partial charge in [-0.2, -0.15) is 0 Å². The lowest BCUT2D eigenvalue weighted by Crippen LogP contribution is -2.36. The number of hydrogen-bond donors (Lipinski definition) is 5. The van der Waals surface area contributed by atoms with Crippen LogP contribution in [0.2, 0.25) is 0 Å². The molecule has 7 nitrogen and oxygen atoms in total. The maximum Gasteiger partial charge on any atom is 0.253 e. The number of benzene rings is 2. The lowest BCUT2D eigenvalue weighted by Gasteiger charge is -2.09. The monoisotopic (exact) mass is 341 g/mol. The molecule has 0 radical (unpaired) electrons. The lowest BCUT2D eigenvalue weighted by atomic mass is 10.1. The van der Waals surface area contributed by atoms with Gasteiger partial charge in [0.15, 0.2) is 0 Å². The van der Waals surface area contributed by atoms with E-state index < -0.39 is 0 Å². The van der Waals surface area contributed by atoms with E-state index in [1.165, 1.54) is 0 Å². The molecule has 0 aromatic heterocycles. The standard InChI is InChI=1S/C18H23N5O2/c19-15-7-3-1-5-13(15)17(24)22-11-9-21-10-12-23-18(25)14-6-2-4-8-16(14)20/h1-8,21H,9-12,19-20H2,(H,22,24)(H,23,25). The van der Waals surface area contributed by atoms with Crippen molar-refractivity contribution in [2.45, 2.75) is 0 Å². The zero-order chi connectivity index (χ0) is 18.1. The number of hydrogen-bond acceptors (Lipinski definition) is 5. The molecule has 0 aliphatic carbocycles. The van der Waals surface area contributed by atoms with Crippen LogP contribution in [0.3, 0.4) is 0 Å². The van der Waals surface area contributed by atoms with Crippen LogP contribution < -0.4 is 27.4 Å². The first kappa shape index (κ1) is 18.3. The highest BCUT2D eigenvalue weighted by Crippen LogP contribution is 2.10. The molecule has 2 rings (SSSR count).